The molecule has 0 unspecified atom stereocenters. The minimum absolute atomic E-state index is 0.259. The molecule has 0 spiro atoms. The van der Waals surface area contributed by atoms with Crippen LogP contribution < -0.4 is 0 Å². The average Bonchev–Trinajstić information content (AvgIpc) is 2.62. The zero-order chi connectivity index (χ0) is 19.7. The van der Waals surface area contributed by atoms with Gasteiger partial charge in [0.2, 0.25) is 0 Å². The highest BCUT2D eigenvalue weighted by Gasteiger charge is 2.40. The maximum absolute atomic E-state index is 9.13. The fourth-order valence-electron chi connectivity index (χ4n) is 3.56. The van der Waals surface area contributed by atoms with Gasteiger partial charge in [-0.3, -0.25) is 0 Å². The van der Waals surface area contributed by atoms with E-state index in [9.17, 15) is 0 Å². The summed E-state index contributed by atoms with van der Waals surface area (Å²) in [6, 6.07) is 0.850. The second-order valence-corrected chi connectivity index (χ2v) is 9.51. The van der Waals surface area contributed by atoms with Crippen LogP contribution in [0.15, 0.2) is 0 Å². The van der Waals surface area contributed by atoms with Crippen LogP contribution in [0.4, 0.5) is 0 Å². The van der Waals surface area contributed by atoms with Gasteiger partial charge in [-0.1, -0.05) is 0 Å². The number of aliphatic hydroxyl groups is 2. The molecule has 0 heterocycles. The molecule has 0 aliphatic carbocycles. The first kappa shape index (κ1) is 26.0. The molecule has 2 N–H and O–H groups in total. The van der Waals surface area contributed by atoms with Gasteiger partial charge in [0.05, 0.1) is 26.2 Å². The monoisotopic (exact) mass is 394 g/mol. The van der Waals surface area contributed by atoms with E-state index in [0.717, 1.165) is 68.8 Å². The Labute approximate surface area is 162 Å². The molecule has 0 rings (SSSR count). The smallest absolute Gasteiger partial charge is 0.396 e. The van der Waals surface area contributed by atoms with Gasteiger partial charge in [0.1, 0.15) is 0 Å². The van der Waals surface area contributed by atoms with E-state index < -0.39 is 8.80 Å². The van der Waals surface area contributed by atoms with E-state index in [1.165, 1.54) is 0 Å². The molecular weight excluding hydrogens is 350 g/mol. The van der Waals surface area contributed by atoms with Gasteiger partial charge in [-0.2, -0.15) is 0 Å². The predicted octanol–water partition coefficient (Wildman–Crippen LogP) is 2.81. The third-order valence-corrected chi connectivity index (χ3v) is 8.11. The minimum atomic E-state index is -2.57. The lowest BCUT2D eigenvalue weighted by atomic mass is 10.2. The quantitative estimate of drug-likeness (QED) is 0.200. The standard InChI is InChI=1S/C19H44NO5Si/c1-5-20(14-9-11-17-21,15-10-12-18-22)16-13-19-26(23-6-2,24-7-3)25-8-4/h21-22H,5-19H2,1-4H3/q+1. The van der Waals surface area contributed by atoms with Crippen LogP contribution >= 0.6 is 0 Å². The summed E-state index contributed by atoms with van der Waals surface area (Å²) in [6.07, 6.45) is 4.80. The second-order valence-electron chi connectivity index (χ2n) is 6.78. The molecule has 0 bridgehead atoms. The molecule has 0 aliphatic rings. The molecular formula is C19H44NO5Si+. The summed E-state index contributed by atoms with van der Waals surface area (Å²) in [6.45, 7) is 14.9. The summed E-state index contributed by atoms with van der Waals surface area (Å²) in [5.74, 6) is 0. The van der Waals surface area contributed by atoms with Gasteiger partial charge >= 0.3 is 8.80 Å². The van der Waals surface area contributed by atoms with Gasteiger partial charge in [0, 0.05) is 45.5 Å². The Morgan fingerprint density at radius 1 is 0.654 bits per heavy atom. The molecule has 6 nitrogen and oxygen atoms in total. The van der Waals surface area contributed by atoms with Gasteiger partial charge < -0.3 is 28.0 Å². The van der Waals surface area contributed by atoms with Crippen molar-refractivity contribution >= 4 is 8.80 Å². The third-order valence-electron chi connectivity index (χ3n) is 4.96. The fourth-order valence-corrected chi connectivity index (χ4v) is 6.15. The van der Waals surface area contributed by atoms with Crippen LogP contribution in [0.3, 0.4) is 0 Å². The molecule has 7 heteroatoms. The first-order chi connectivity index (χ1) is 12.6. The van der Waals surface area contributed by atoms with E-state index in [4.69, 9.17) is 23.5 Å². The van der Waals surface area contributed by atoms with Crippen molar-refractivity contribution in [3.8, 4) is 0 Å². The Kier molecular flexibility index (Phi) is 16.0. The van der Waals surface area contributed by atoms with Crippen LogP contribution in [0.25, 0.3) is 0 Å². The molecule has 0 radical (unpaired) electrons. The summed E-state index contributed by atoms with van der Waals surface area (Å²) < 4.78 is 19.0. The minimum Gasteiger partial charge on any atom is -0.396 e. The maximum Gasteiger partial charge on any atom is 0.501 e. The molecule has 26 heavy (non-hydrogen) atoms. The lowest BCUT2D eigenvalue weighted by Gasteiger charge is -2.39. The second kappa shape index (κ2) is 16.0. The van der Waals surface area contributed by atoms with E-state index in [2.05, 4.69) is 6.92 Å². The van der Waals surface area contributed by atoms with Crippen LogP contribution in [-0.4, -0.2) is 82.7 Å². The lowest BCUT2D eigenvalue weighted by molar-refractivity contribution is -0.927. The lowest BCUT2D eigenvalue weighted by Crippen LogP contribution is -2.51. The van der Waals surface area contributed by atoms with Crippen molar-refractivity contribution < 1.29 is 28.0 Å². The van der Waals surface area contributed by atoms with Crippen LogP contribution in [0.1, 0.15) is 59.8 Å². The number of hydrogen-bond acceptors (Lipinski definition) is 5. The number of quaternary nitrogens is 1. The van der Waals surface area contributed by atoms with E-state index in [0.29, 0.717) is 19.8 Å². The Hall–Kier alpha value is -0.0231. The molecule has 0 atom stereocenters. The molecule has 0 aromatic rings. The summed E-state index contributed by atoms with van der Waals surface area (Å²) in [7, 11) is -2.57. The normalized spacial score (nSPS) is 12.7. The van der Waals surface area contributed by atoms with Crippen LogP contribution in [0.5, 0.6) is 0 Å². The Morgan fingerprint density at radius 2 is 1.08 bits per heavy atom. The number of unbranched alkanes of at least 4 members (excludes halogenated alkanes) is 2. The van der Waals surface area contributed by atoms with Crippen LogP contribution in [0, 0.1) is 0 Å². The molecule has 0 saturated carbocycles. The first-order valence-corrected chi connectivity index (χ1v) is 12.5. The molecule has 0 amide bonds. The number of nitrogens with zero attached hydrogens (tertiary/aromatic N) is 1. The van der Waals surface area contributed by atoms with E-state index in [1.54, 1.807) is 0 Å². The van der Waals surface area contributed by atoms with E-state index in [1.807, 2.05) is 20.8 Å². The molecule has 0 fully saturated rings. The van der Waals surface area contributed by atoms with Gasteiger partial charge in [0.25, 0.3) is 0 Å². The SMILES string of the molecule is CCO[Si](CCC[N+](CC)(CCCCO)CCCCO)(OCC)OCC. The molecule has 0 aromatic carbocycles. The molecule has 158 valence electrons. The van der Waals surface area contributed by atoms with Crippen molar-refractivity contribution in [2.45, 2.75) is 65.8 Å². The summed E-state index contributed by atoms with van der Waals surface area (Å²) >= 11 is 0. The highest BCUT2D eigenvalue weighted by molar-refractivity contribution is 6.60. The Bertz CT molecular complexity index is 293. The first-order valence-electron chi connectivity index (χ1n) is 10.6. The fraction of sp³-hybridized carbons (Fsp3) is 1.00. The van der Waals surface area contributed by atoms with E-state index >= 15 is 0 Å². The predicted molar refractivity (Wildman–Crippen MR) is 108 cm³/mol. The summed E-state index contributed by atoms with van der Waals surface area (Å²) in [5, 5.41) is 18.3. The van der Waals surface area contributed by atoms with Crippen molar-refractivity contribution in [1.29, 1.82) is 0 Å². The summed E-state index contributed by atoms with van der Waals surface area (Å²) in [5.41, 5.74) is 0. The molecule has 0 aromatic heterocycles. The maximum atomic E-state index is 9.13. The van der Waals surface area contributed by atoms with Crippen molar-refractivity contribution in [3.63, 3.8) is 0 Å². The molecule has 0 saturated heterocycles. The van der Waals surface area contributed by atoms with Crippen molar-refractivity contribution in [1.82, 2.24) is 0 Å². The van der Waals surface area contributed by atoms with Gasteiger partial charge in [-0.05, 0) is 53.4 Å². The van der Waals surface area contributed by atoms with Crippen molar-refractivity contribution in [2.24, 2.45) is 0 Å². The van der Waals surface area contributed by atoms with Crippen LogP contribution in [-0.2, 0) is 13.3 Å². The van der Waals surface area contributed by atoms with Gasteiger partial charge in [-0.15, -0.1) is 0 Å². The zero-order valence-corrected chi connectivity index (χ0v) is 18.7. The van der Waals surface area contributed by atoms with Crippen molar-refractivity contribution in [3.05, 3.63) is 0 Å². The highest BCUT2D eigenvalue weighted by Crippen LogP contribution is 2.21. The zero-order valence-electron chi connectivity index (χ0n) is 17.7. The van der Waals surface area contributed by atoms with E-state index in [-0.39, 0.29) is 13.2 Å². The van der Waals surface area contributed by atoms with Gasteiger partial charge in [0.15, 0.2) is 0 Å². The number of aliphatic hydroxyl groups excluding tert-OH is 2. The van der Waals surface area contributed by atoms with Gasteiger partial charge in [-0.25, -0.2) is 0 Å². The molecule has 0 aliphatic heterocycles. The summed E-state index contributed by atoms with van der Waals surface area (Å²) in [4.78, 5) is 0. The van der Waals surface area contributed by atoms with Crippen LogP contribution in [0.2, 0.25) is 6.04 Å². The highest BCUT2D eigenvalue weighted by atomic mass is 28.4. The Morgan fingerprint density at radius 3 is 1.42 bits per heavy atom. The Balaban J connectivity index is 4.88. The number of hydrogen-bond donors (Lipinski definition) is 2. The largest absolute Gasteiger partial charge is 0.501 e. The van der Waals surface area contributed by atoms with Crippen molar-refractivity contribution in [2.75, 3.05) is 59.2 Å². The number of rotatable bonds is 19. The average molecular weight is 395 g/mol. The third kappa shape index (κ3) is 10.3. The topological polar surface area (TPSA) is 68.2 Å².